The number of aromatic carboxylic acids is 1. The van der Waals surface area contributed by atoms with Crippen LogP contribution in [0.5, 0.6) is 0 Å². The summed E-state index contributed by atoms with van der Waals surface area (Å²) in [6.45, 7) is 3.96. The fourth-order valence-corrected chi connectivity index (χ4v) is 2.50. The second kappa shape index (κ2) is 5.48. The van der Waals surface area contributed by atoms with Gasteiger partial charge in [0.1, 0.15) is 0 Å². The van der Waals surface area contributed by atoms with Crippen LogP contribution in [0.25, 0.3) is 10.9 Å². The average molecular weight is 291 g/mol. The van der Waals surface area contributed by atoms with E-state index in [9.17, 15) is 9.90 Å². The second-order valence-corrected chi connectivity index (χ2v) is 5.28. The first-order valence-electron chi connectivity index (χ1n) is 7.00. The molecule has 0 fully saturated rings. The van der Waals surface area contributed by atoms with E-state index in [-0.39, 0.29) is 5.56 Å². The number of para-hydroxylation sites is 1. The minimum atomic E-state index is -1.18. The van der Waals surface area contributed by atoms with Crippen LogP contribution in [0.2, 0.25) is 0 Å². The molecule has 0 amide bonds. The lowest BCUT2D eigenvalue weighted by Crippen LogP contribution is -2.22. The molecule has 4 nitrogen and oxygen atoms in total. The Morgan fingerprint density at radius 1 is 1.09 bits per heavy atom. The minimum Gasteiger partial charge on any atom is -0.545 e. The Morgan fingerprint density at radius 3 is 2.64 bits per heavy atom. The molecule has 1 heterocycles. The number of hydrogen-bond acceptors (Lipinski definition) is 4. The lowest BCUT2D eigenvalue weighted by Gasteiger charge is -2.13. The number of aryl methyl sites for hydroxylation is 2. The van der Waals surface area contributed by atoms with E-state index in [2.05, 4.69) is 10.3 Å². The van der Waals surface area contributed by atoms with Crippen molar-refractivity contribution < 1.29 is 9.90 Å². The third-order valence-corrected chi connectivity index (χ3v) is 3.55. The van der Waals surface area contributed by atoms with Crippen molar-refractivity contribution in [1.82, 2.24) is 4.98 Å². The molecule has 0 spiro atoms. The van der Waals surface area contributed by atoms with Gasteiger partial charge in [0.2, 0.25) is 0 Å². The first-order chi connectivity index (χ1) is 10.5. The molecule has 0 aliphatic rings. The van der Waals surface area contributed by atoms with Crippen molar-refractivity contribution >= 4 is 28.2 Å². The maximum absolute atomic E-state index is 11.0. The van der Waals surface area contributed by atoms with E-state index in [1.54, 1.807) is 12.1 Å². The first kappa shape index (κ1) is 14.1. The molecule has 0 aliphatic carbocycles. The highest BCUT2D eigenvalue weighted by atomic mass is 16.4. The van der Waals surface area contributed by atoms with Crippen molar-refractivity contribution in [2.75, 3.05) is 5.32 Å². The molecule has 110 valence electrons. The summed E-state index contributed by atoms with van der Waals surface area (Å²) in [6, 6.07) is 14.5. The Balaban J connectivity index is 2.09. The highest BCUT2D eigenvalue weighted by Gasteiger charge is 2.07. The van der Waals surface area contributed by atoms with Crippen molar-refractivity contribution in [3.8, 4) is 0 Å². The van der Waals surface area contributed by atoms with Gasteiger partial charge in [0, 0.05) is 22.5 Å². The van der Waals surface area contributed by atoms with Crippen molar-refractivity contribution in [1.29, 1.82) is 0 Å². The van der Waals surface area contributed by atoms with Crippen LogP contribution in [0.4, 0.5) is 11.4 Å². The monoisotopic (exact) mass is 291 g/mol. The van der Waals surface area contributed by atoms with E-state index in [0.717, 1.165) is 27.8 Å². The average Bonchev–Trinajstić information content (AvgIpc) is 2.48. The number of carbonyl (C=O) groups is 1. The summed E-state index contributed by atoms with van der Waals surface area (Å²) >= 11 is 0. The van der Waals surface area contributed by atoms with Gasteiger partial charge in [-0.25, -0.2) is 0 Å². The number of carbonyl (C=O) groups excluding carboxylic acids is 1. The molecule has 0 saturated heterocycles. The van der Waals surface area contributed by atoms with Gasteiger partial charge in [-0.15, -0.1) is 0 Å². The summed E-state index contributed by atoms with van der Waals surface area (Å²) in [7, 11) is 0. The molecule has 1 N–H and O–H groups in total. The van der Waals surface area contributed by atoms with Gasteiger partial charge in [0.05, 0.1) is 11.5 Å². The quantitative estimate of drug-likeness (QED) is 0.805. The van der Waals surface area contributed by atoms with Gasteiger partial charge < -0.3 is 15.2 Å². The van der Waals surface area contributed by atoms with E-state index in [4.69, 9.17) is 0 Å². The Labute approximate surface area is 128 Å². The molecule has 0 bridgehead atoms. The fraction of sp³-hybridized carbons (Fsp3) is 0.111. The molecular formula is C18H15N2O2-. The standard InChI is InChI=1S/C18H16N2O2/c1-11-5-3-8-15-16(9-12(2)19-17(11)15)20-14-7-4-6-13(10-14)18(21)22/h3-10H,1-2H3,(H,19,20)(H,21,22)/p-1. The number of aromatic nitrogens is 1. The van der Waals surface area contributed by atoms with Crippen LogP contribution in [0, 0.1) is 13.8 Å². The molecule has 2 aromatic carbocycles. The summed E-state index contributed by atoms with van der Waals surface area (Å²) in [4.78, 5) is 15.5. The largest absolute Gasteiger partial charge is 0.545 e. The van der Waals surface area contributed by atoms with Crippen molar-refractivity contribution in [3.63, 3.8) is 0 Å². The normalized spacial score (nSPS) is 10.6. The van der Waals surface area contributed by atoms with E-state index >= 15 is 0 Å². The number of carboxylic acids is 1. The Kier molecular flexibility index (Phi) is 3.51. The zero-order valence-corrected chi connectivity index (χ0v) is 12.4. The van der Waals surface area contributed by atoms with Gasteiger partial charge in [-0.1, -0.05) is 30.3 Å². The van der Waals surface area contributed by atoms with Crippen molar-refractivity contribution in [2.45, 2.75) is 13.8 Å². The molecular weight excluding hydrogens is 276 g/mol. The molecule has 4 heteroatoms. The van der Waals surface area contributed by atoms with E-state index in [1.807, 2.05) is 44.2 Å². The fourth-order valence-electron chi connectivity index (χ4n) is 2.50. The molecule has 0 saturated carbocycles. The number of pyridine rings is 1. The van der Waals surface area contributed by atoms with Crippen LogP contribution in [-0.2, 0) is 0 Å². The van der Waals surface area contributed by atoms with E-state index in [1.165, 1.54) is 6.07 Å². The van der Waals surface area contributed by atoms with Gasteiger partial charge in [-0.05, 0) is 43.2 Å². The summed E-state index contributed by atoms with van der Waals surface area (Å²) in [6.07, 6.45) is 0. The number of benzene rings is 2. The first-order valence-corrected chi connectivity index (χ1v) is 7.00. The zero-order valence-electron chi connectivity index (χ0n) is 12.4. The summed E-state index contributed by atoms with van der Waals surface area (Å²) < 4.78 is 0. The number of nitrogens with zero attached hydrogens (tertiary/aromatic N) is 1. The van der Waals surface area contributed by atoms with Crippen LogP contribution in [0.3, 0.4) is 0 Å². The van der Waals surface area contributed by atoms with E-state index < -0.39 is 5.97 Å². The summed E-state index contributed by atoms with van der Waals surface area (Å²) in [5.41, 5.74) is 4.71. The molecule has 22 heavy (non-hydrogen) atoms. The lowest BCUT2D eigenvalue weighted by atomic mass is 10.1. The second-order valence-electron chi connectivity index (χ2n) is 5.28. The summed E-state index contributed by atoms with van der Waals surface area (Å²) in [5.74, 6) is -1.18. The lowest BCUT2D eigenvalue weighted by molar-refractivity contribution is -0.255. The predicted octanol–water partition coefficient (Wildman–Crippen LogP) is 2.96. The van der Waals surface area contributed by atoms with Crippen molar-refractivity contribution in [3.05, 3.63) is 65.4 Å². The highest BCUT2D eigenvalue weighted by Crippen LogP contribution is 2.28. The third kappa shape index (κ3) is 2.63. The number of fused-ring (bicyclic) bond motifs is 1. The van der Waals surface area contributed by atoms with Gasteiger partial charge in [0.15, 0.2) is 0 Å². The van der Waals surface area contributed by atoms with Crippen LogP contribution in [0.15, 0.2) is 48.5 Å². The summed E-state index contributed by atoms with van der Waals surface area (Å²) in [5, 5.41) is 15.3. The molecule has 3 aromatic rings. The number of nitrogens with one attached hydrogen (secondary N) is 1. The van der Waals surface area contributed by atoms with Gasteiger partial charge in [0.25, 0.3) is 0 Å². The van der Waals surface area contributed by atoms with Crippen molar-refractivity contribution in [2.24, 2.45) is 0 Å². The van der Waals surface area contributed by atoms with Gasteiger partial charge >= 0.3 is 0 Å². The number of hydrogen-bond donors (Lipinski definition) is 1. The number of rotatable bonds is 3. The SMILES string of the molecule is Cc1cc(Nc2cccc(C(=O)[O-])c2)c2cccc(C)c2n1. The maximum Gasteiger partial charge on any atom is 0.0755 e. The molecule has 3 rings (SSSR count). The van der Waals surface area contributed by atoms with Gasteiger partial charge in [-0.3, -0.25) is 4.98 Å². The van der Waals surface area contributed by atoms with Crippen LogP contribution < -0.4 is 10.4 Å². The highest BCUT2D eigenvalue weighted by molar-refractivity contribution is 5.95. The third-order valence-electron chi connectivity index (χ3n) is 3.55. The molecule has 0 radical (unpaired) electrons. The Hall–Kier alpha value is -2.88. The number of anilines is 2. The van der Waals surface area contributed by atoms with E-state index in [0.29, 0.717) is 5.69 Å². The Morgan fingerprint density at radius 2 is 1.86 bits per heavy atom. The van der Waals surface area contributed by atoms with Gasteiger partial charge in [-0.2, -0.15) is 0 Å². The Bertz CT molecular complexity index is 872. The molecule has 0 unspecified atom stereocenters. The zero-order chi connectivity index (χ0) is 15.7. The molecule has 0 aliphatic heterocycles. The van der Waals surface area contributed by atoms with Crippen LogP contribution in [0.1, 0.15) is 21.6 Å². The minimum absolute atomic E-state index is 0.149. The molecule has 1 aromatic heterocycles. The van der Waals surface area contributed by atoms with Crippen LogP contribution in [-0.4, -0.2) is 11.0 Å². The smallest absolute Gasteiger partial charge is 0.0755 e. The van der Waals surface area contributed by atoms with Crippen LogP contribution >= 0.6 is 0 Å². The topological polar surface area (TPSA) is 65.0 Å². The predicted molar refractivity (Wildman–Crippen MR) is 85.3 cm³/mol. The molecule has 0 atom stereocenters. The maximum atomic E-state index is 11.0. The number of carboxylic acid groups (broad SMARTS) is 1.